The molecular formula is C18H26S2Si. The highest BCUT2D eigenvalue weighted by molar-refractivity contribution is 7.39. The van der Waals surface area contributed by atoms with Gasteiger partial charge in [-0.25, -0.2) is 0 Å². The Morgan fingerprint density at radius 1 is 0.714 bits per heavy atom. The standard InChI is InChI=1S/C18H26S2Si/c1-17(2,3)13-9-11-12-10-14(18(4,5)6)20-16(12)21(7,8)15(11)19-13/h9-10H,1-8H3. The third-order valence-electron chi connectivity index (χ3n) is 4.37. The van der Waals surface area contributed by atoms with Crippen LogP contribution in [0.4, 0.5) is 0 Å². The zero-order chi connectivity index (χ0) is 15.8. The van der Waals surface area contributed by atoms with Gasteiger partial charge in [-0.05, 0) is 34.1 Å². The third-order valence-corrected chi connectivity index (χ3v) is 13.6. The average Bonchev–Trinajstić information content (AvgIpc) is 2.94. The van der Waals surface area contributed by atoms with E-state index < -0.39 is 8.07 Å². The number of thiophene rings is 2. The van der Waals surface area contributed by atoms with Crippen molar-refractivity contribution < 1.29 is 0 Å². The molecule has 0 atom stereocenters. The van der Waals surface area contributed by atoms with Gasteiger partial charge >= 0.3 is 0 Å². The van der Waals surface area contributed by atoms with E-state index in [1.54, 1.807) is 29.9 Å². The molecule has 21 heavy (non-hydrogen) atoms. The first kappa shape index (κ1) is 15.5. The van der Waals surface area contributed by atoms with Crippen LogP contribution in [0, 0.1) is 0 Å². The van der Waals surface area contributed by atoms with E-state index in [-0.39, 0.29) is 10.8 Å². The molecule has 0 N–H and O–H groups in total. The lowest BCUT2D eigenvalue weighted by atomic mass is 9.92. The summed E-state index contributed by atoms with van der Waals surface area (Å²) < 4.78 is 3.41. The van der Waals surface area contributed by atoms with Gasteiger partial charge in [0.2, 0.25) is 0 Å². The van der Waals surface area contributed by atoms with Crippen LogP contribution in [-0.2, 0) is 10.8 Å². The van der Waals surface area contributed by atoms with Gasteiger partial charge in [-0.1, -0.05) is 54.6 Å². The maximum Gasteiger partial charge on any atom is 0.139 e. The molecule has 1 aliphatic rings. The molecule has 0 aliphatic carbocycles. The second-order valence-corrected chi connectivity index (χ2v) is 15.9. The van der Waals surface area contributed by atoms with E-state index in [4.69, 9.17) is 0 Å². The van der Waals surface area contributed by atoms with Crippen LogP contribution < -0.4 is 9.00 Å². The van der Waals surface area contributed by atoms with Crippen LogP contribution in [0.3, 0.4) is 0 Å². The number of hydrogen-bond donors (Lipinski definition) is 0. The predicted molar refractivity (Wildman–Crippen MR) is 102 cm³/mol. The van der Waals surface area contributed by atoms with Gasteiger partial charge < -0.3 is 0 Å². The molecule has 0 nitrogen and oxygen atoms in total. The van der Waals surface area contributed by atoms with Gasteiger partial charge in [0.05, 0.1) is 0 Å². The quantitative estimate of drug-likeness (QED) is 0.580. The van der Waals surface area contributed by atoms with Gasteiger partial charge in [-0.15, -0.1) is 22.7 Å². The highest BCUT2D eigenvalue weighted by atomic mass is 32.1. The van der Waals surface area contributed by atoms with Crippen LogP contribution >= 0.6 is 22.7 Å². The Hall–Kier alpha value is -0.383. The molecule has 0 aromatic carbocycles. The minimum absolute atomic E-state index is 0.266. The average molecular weight is 335 g/mol. The lowest BCUT2D eigenvalue weighted by molar-refractivity contribution is 0.603. The van der Waals surface area contributed by atoms with Crippen molar-refractivity contribution in [2.24, 2.45) is 0 Å². The summed E-state index contributed by atoms with van der Waals surface area (Å²) in [6.45, 7) is 19.0. The fourth-order valence-electron chi connectivity index (χ4n) is 2.95. The van der Waals surface area contributed by atoms with Crippen LogP contribution in [0.5, 0.6) is 0 Å². The number of fused-ring (bicyclic) bond motifs is 3. The summed E-state index contributed by atoms with van der Waals surface area (Å²) in [5.41, 5.74) is 3.65. The smallest absolute Gasteiger partial charge is 0.139 e. The second kappa shape index (κ2) is 4.33. The van der Waals surface area contributed by atoms with Gasteiger partial charge in [0, 0.05) is 18.8 Å². The van der Waals surface area contributed by atoms with Crippen molar-refractivity contribution in [3.63, 3.8) is 0 Å². The van der Waals surface area contributed by atoms with Crippen molar-refractivity contribution in [3.05, 3.63) is 21.9 Å². The Morgan fingerprint density at radius 2 is 1.05 bits per heavy atom. The molecule has 0 fully saturated rings. The van der Waals surface area contributed by atoms with Crippen LogP contribution in [0.15, 0.2) is 12.1 Å². The van der Waals surface area contributed by atoms with Crippen LogP contribution in [0.2, 0.25) is 13.1 Å². The molecule has 0 unspecified atom stereocenters. The molecule has 3 heteroatoms. The van der Waals surface area contributed by atoms with Gasteiger partial charge in [0.25, 0.3) is 0 Å². The van der Waals surface area contributed by atoms with Crippen molar-refractivity contribution in [2.45, 2.75) is 65.5 Å². The van der Waals surface area contributed by atoms with E-state index in [9.17, 15) is 0 Å². The first-order valence-electron chi connectivity index (χ1n) is 7.72. The molecule has 0 saturated heterocycles. The summed E-state index contributed by atoms with van der Waals surface area (Å²) in [5.74, 6) is 0. The Labute approximate surface area is 138 Å². The van der Waals surface area contributed by atoms with E-state index in [2.05, 4.69) is 89.4 Å². The maximum absolute atomic E-state index is 2.53. The van der Waals surface area contributed by atoms with Gasteiger partial charge in [0.15, 0.2) is 0 Å². The summed E-state index contributed by atoms with van der Waals surface area (Å²) in [7, 11) is -1.46. The lowest BCUT2D eigenvalue weighted by Gasteiger charge is -2.19. The Bertz CT molecular complexity index is 642. The molecule has 0 saturated carbocycles. The SMILES string of the molecule is CC(C)(C)c1cc2c(s1)[Si](C)(C)c1sc(C(C)(C)C)cc1-2. The number of rotatable bonds is 0. The van der Waals surface area contributed by atoms with Crippen LogP contribution in [0.25, 0.3) is 11.1 Å². The third kappa shape index (κ3) is 2.29. The molecule has 1 aliphatic heterocycles. The zero-order valence-corrected chi connectivity index (χ0v) is 17.1. The summed E-state index contributed by atoms with van der Waals surface area (Å²) in [6.07, 6.45) is 0. The van der Waals surface area contributed by atoms with Crippen LogP contribution in [0.1, 0.15) is 51.3 Å². The largest absolute Gasteiger partial charge is 0.148 e. The molecule has 3 rings (SSSR count). The summed E-state index contributed by atoms with van der Waals surface area (Å²) in [6, 6.07) is 4.97. The summed E-state index contributed by atoms with van der Waals surface area (Å²) >= 11 is 4.16. The van der Waals surface area contributed by atoms with Gasteiger partial charge in [-0.3, -0.25) is 0 Å². The van der Waals surface area contributed by atoms with Gasteiger partial charge in [-0.2, -0.15) is 0 Å². The summed E-state index contributed by atoms with van der Waals surface area (Å²) in [4.78, 5) is 3.09. The van der Waals surface area contributed by atoms with E-state index >= 15 is 0 Å². The van der Waals surface area contributed by atoms with Crippen molar-refractivity contribution in [1.82, 2.24) is 0 Å². The first-order chi connectivity index (χ1) is 9.42. The van der Waals surface area contributed by atoms with E-state index in [1.807, 2.05) is 0 Å². The minimum atomic E-state index is -1.46. The van der Waals surface area contributed by atoms with E-state index in [1.165, 1.54) is 0 Å². The number of hydrogen-bond acceptors (Lipinski definition) is 2. The first-order valence-corrected chi connectivity index (χ1v) is 12.4. The Balaban J connectivity index is 2.21. The van der Waals surface area contributed by atoms with E-state index in [0.29, 0.717) is 0 Å². The highest BCUT2D eigenvalue weighted by Gasteiger charge is 2.43. The zero-order valence-electron chi connectivity index (χ0n) is 14.5. The Kier molecular flexibility index (Phi) is 3.20. The van der Waals surface area contributed by atoms with Crippen molar-refractivity contribution >= 4 is 39.7 Å². The fraction of sp³-hybridized carbons (Fsp3) is 0.556. The molecule has 0 spiro atoms. The molecule has 114 valence electrons. The molecule has 0 bridgehead atoms. The van der Waals surface area contributed by atoms with Crippen molar-refractivity contribution in [2.75, 3.05) is 0 Å². The molecule has 0 amide bonds. The predicted octanol–water partition coefficient (Wildman–Crippen LogP) is 5.21. The topological polar surface area (TPSA) is 0 Å². The highest BCUT2D eigenvalue weighted by Crippen LogP contribution is 2.42. The second-order valence-electron chi connectivity index (χ2n) is 8.83. The Morgan fingerprint density at radius 3 is 1.33 bits per heavy atom. The van der Waals surface area contributed by atoms with Crippen molar-refractivity contribution in [3.8, 4) is 11.1 Å². The normalized spacial score (nSPS) is 17.0. The van der Waals surface area contributed by atoms with Crippen LogP contribution in [-0.4, -0.2) is 8.07 Å². The summed E-state index contributed by atoms with van der Waals surface area (Å²) in [5, 5.41) is 0. The fourth-order valence-corrected chi connectivity index (χ4v) is 10.4. The minimum Gasteiger partial charge on any atom is -0.148 e. The molecular weight excluding hydrogens is 308 g/mol. The maximum atomic E-state index is 2.53. The van der Waals surface area contributed by atoms with Crippen molar-refractivity contribution in [1.29, 1.82) is 0 Å². The van der Waals surface area contributed by atoms with Gasteiger partial charge in [0.1, 0.15) is 8.07 Å². The molecule has 2 aromatic heterocycles. The lowest BCUT2D eigenvalue weighted by Crippen LogP contribution is -2.46. The molecule has 2 aromatic rings. The van der Waals surface area contributed by atoms with E-state index in [0.717, 1.165) is 0 Å². The monoisotopic (exact) mass is 334 g/mol. The molecule has 3 heterocycles. The molecule has 0 radical (unpaired) electrons.